The fraction of sp³-hybridized carbons (Fsp3) is 0.0588. The molecule has 1 amide bonds. The van der Waals surface area contributed by atoms with Crippen LogP contribution in [0.25, 0.3) is 0 Å². The van der Waals surface area contributed by atoms with E-state index < -0.39 is 0 Å². The lowest BCUT2D eigenvalue weighted by atomic mass is 10.2. The Balaban J connectivity index is 2.00. The van der Waals surface area contributed by atoms with Gasteiger partial charge >= 0.3 is 0 Å². The molecule has 0 spiro atoms. The van der Waals surface area contributed by atoms with E-state index in [9.17, 15) is 4.79 Å². The quantitative estimate of drug-likeness (QED) is 0.448. The van der Waals surface area contributed by atoms with Gasteiger partial charge in [0.15, 0.2) is 0 Å². The molecule has 0 atom stereocenters. The summed E-state index contributed by atoms with van der Waals surface area (Å²) in [5.41, 5.74) is 3.63. The van der Waals surface area contributed by atoms with Crippen LogP contribution in [0.15, 0.2) is 64.7 Å². The first-order chi connectivity index (χ1) is 11.1. The van der Waals surface area contributed by atoms with Gasteiger partial charge in [-0.15, -0.1) is 0 Å². The van der Waals surface area contributed by atoms with Gasteiger partial charge in [-0.2, -0.15) is 5.10 Å². The Hall–Kier alpha value is -2.11. The molecule has 0 radical (unpaired) electrons. The Morgan fingerprint density at radius 1 is 1.35 bits per heavy atom. The number of ether oxygens (including phenoxy) is 1. The SMILES string of the molecule is C=CCOc1ccc(/C=N\NC(=O)c2ccccc2Cl)cc1Br. The summed E-state index contributed by atoms with van der Waals surface area (Å²) in [6.07, 6.45) is 3.21. The van der Waals surface area contributed by atoms with Crippen molar-refractivity contribution in [2.75, 3.05) is 6.61 Å². The number of benzene rings is 2. The Labute approximate surface area is 147 Å². The Kier molecular flexibility index (Phi) is 6.38. The number of carbonyl (C=O) groups excluding carboxylic acids is 1. The molecule has 2 aromatic rings. The summed E-state index contributed by atoms with van der Waals surface area (Å²) in [5.74, 6) is 0.346. The number of carbonyl (C=O) groups is 1. The van der Waals surface area contributed by atoms with Crippen molar-refractivity contribution in [3.63, 3.8) is 0 Å². The molecule has 4 nitrogen and oxygen atoms in total. The highest BCUT2D eigenvalue weighted by molar-refractivity contribution is 9.10. The minimum absolute atomic E-state index is 0.364. The van der Waals surface area contributed by atoms with Crippen molar-refractivity contribution in [3.8, 4) is 5.75 Å². The van der Waals surface area contributed by atoms with Gasteiger partial charge in [0.2, 0.25) is 0 Å². The number of nitrogens with zero attached hydrogens (tertiary/aromatic N) is 1. The standard InChI is InChI=1S/C17H14BrClN2O2/c1-2-9-23-16-8-7-12(10-14(16)18)11-20-21-17(22)13-5-3-4-6-15(13)19/h2-8,10-11H,1,9H2,(H,21,22)/b20-11-. The van der Waals surface area contributed by atoms with Gasteiger partial charge in [0.25, 0.3) is 5.91 Å². The third kappa shape index (κ3) is 4.94. The van der Waals surface area contributed by atoms with Gasteiger partial charge in [-0.1, -0.05) is 36.4 Å². The Morgan fingerprint density at radius 2 is 2.13 bits per heavy atom. The minimum atomic E-state index is -0.364. The molecular weight excluding hydrogens is 380 g/mol. The third-order valence-corrected chi connectivity index (χ3v) is 3.76. The van der Waals surface area contributed by atoms with Crippen LogP contribution in [0.1, 0.15) is 15.9 Å². The molecule has 23 heavy (non-hydrogen) atoms. The van der Waals surface area contributed by atoms with Crippen molar-refractivity contribution >= 4 is 39.7 Å². The molecule has 0 saturated heterocycles. The highest BCUT2D eigenvalue weighted by Crippen LogP contribution is 2.25. The number of hydrogen-bond donors (Lipinski definition) is 1. The minimum Gasteiger partial charge on any atom is -0.488 e. The number of hydrazone groups is 1. The molecular formula is C17H14BrClN2O2. The van der Waals surface area contributed by atoms with E-state index in [0.717, 1.165) is 10.0 Å². The van der Waals surface area contributed by atoms with Crippen molar-refractivity contribution in [1.82, 2.24) is 5.43 Å². The molecule has 1 N–H and O–H groups in total. The van der Waals surface area contributed by atoms with E-state index in [-0.39, 0.29) is 5.91 Å². The Bertz CT molecular complexity index is 747. The number of hydrogen-bond acceptors (Lipinski definition) is 3. The molecule has 0 unspecified atom stereocenters. The highest BCUT2D eigenvalue weighted by Gasteiger charge is 2.07. The van der Waals surface area contributed by atoms with Crippen LogP contribution in [-0.4, -0.2) is 18.7 Å². The first-order valence-corrected chi connectivity index (χ1v) is 7.90. The molecule has 0 saturated carbocycles. The van der Waals surface area contributed by atoms with Crippen LogP contribution in [0.3, 0.4) is 0 Å². The smallest absolute Gasteiger partial charge is 0.272 e. The molecule has 2 rings (SSSR count). The van der Waals surface area contributed by atoms with Crippen molar-refractivity contribution in [2.45, 2.75) is 0 Å². The first-order valence-electron chi connectivity index (χ1n) is 6.73. The van der Waals surface area contributed by atoms with Crippen molar-refractivity contribution in [2.24, 2.45) is 5.10 Å². The molecule has 0 aromatic heterocycles. The number of amides is 1. The molecule has 0 heterocycles. The first kappa shape index (κ1) is 17.2. The van der Waals surface area contributed by atoms with Gasteiger partial charge in [0, 0.05) is 0 Å². The summed E-state index contributed by atoms with van der Waals surface area (Å²) in [6, 6.07) is 12.3. The van der Waals surface area contributed by atoms with Crippen molar-refractivity contribution in [3.05, 3.63) is 75.7 Å². The number of halogens is 2. The maximum absolute atomic E-state index is 11.9. The average Bonchev–Trinajstić information content (AvgIpc) is 2.54. The maximum Gasteiger partial charge on any atom is 0.272 e. The zero-order chi connectivity index (χ0) is 16.7. The molecule has 118 valence electrons. The summed E-state index contributed by atoms with van der Waals surface area (Å²) in [6.45, 7) is 4.03. The van der Waals surface area contributed by atoms with Crippen LogP contribution < -0.4 is 10.2 Å². The van der Waals surface area contributed by atoms with E-state index in [2.05, 4.69) is 33.0 Å². The maximum atomic E-state index is 11.9. The average molecular weight is 394 g/mol. The second-order valence-corrected chi connectivity index (χ2v) is 5.73. The van der Waals surface area contributed by atoms with Gasteiger partial charge in [-0.05, 0) is 51.8 Å². The molecule has 0 aliphatic heterocycles. The van der Waals surface area contributed by atoms with Crippen LogP contribution in [0.4, 0.5) is 0 Å². The largest absolute Gasteiger partial charge is 0.488 e. The molecule has 0 bridgehead atoms. The highest BCUT2D eigenvalue weighted by atomic mass is 79.9. The van der Waals surface area contributed by atoms with Crippen LogP contribution in [-0.2, 0) is 0 Å². The summed E-state index contributed by atoms with van der Waals surface area (Å²) >= 11 is 9.37. The van der Waals surface area contributed by atoms with E-state index in [0.29, 0.717) is 22.9 Å². The van der Waals surface area contributed by atoms with Crippen molar-refractivity contribution in [1.29, 1.82) is 0 Å². The number of rotatable bonds is 6. The monoisotopic (exact) mass is 392 g/mol. The fourth-order valence-electron chi connectivity index (χ4n) is 1.73. The lowest BCUT2D eigenvalue weighted by Gasteiger charge is -2.06. The zero-order valence-corrected chi connectivity index (χ0v) is 14.5. The lowest BCUT2D eigenvalue weighted by Crippen LogP contribution is -2.17. The van der Waals surface area contributed by atoms with Gasteiger partial charge in [-0.3, -0.25) is 4.79 Å². The predicted octanol–water partition coefficient (Wildman–Crippen LogP) is 4.43. The van der Waals surface area contributed by atoms with Gasteiger partial charge in [-0.25, -0.2) is 5.43 Å². The Morgan fingerprint density at radius 3 is 2.83 bits per heavy atom. The van der Waals surface area contributed by atoms with E-state index in [1.807, 2.05) is 18.2 Å². The fourth-order valence-corrected chi connectivity index (χ4v) is 2.47. The van der Waals surface area contributed by atoms with Gasteiger partial charge in [0.05, 0.1) is 21.3 Å². The predicted molar refractivity (Wildman–Crippen MR) is 96.3 cm³/mol. The van der Waals surface area contributed by atoms with E-state index >= 15 is 0 Å². The normalized spacial score (nSPS) is 10.5. The van der Waals surface area contributed by atoms with Crippen LogP contribution >= 0.6 is 27.5 Å². The van der Waals surface area contributed by atoms with Gasteiger partial charge in [0.1, 0.15) is 12.4 Å². The van der Waals surface area contributed by atoms with Crippen LogP contribution in [0.5, 0.6) is 5.75 Å². The molecule has 0 aliphatic rings. The molecule has 6 heteroatoms. The van der Waals surface area contributed by atoms with Crippen molar-refractivity contribution < 1.29 is 9.53 Å². The van der Waals surface area contributed by atoms with E-state index in [4.69, 9.17) is 16.3 Å². The summed E-state index contributed by atoms with van der Waals surface area (Å²) in [5, 5.41) is 4.31. The van der Waals surface area contributed by atoms with E-state index in [1.165, 1.54) is 6.21 Å². The topological polar surface area (TPSA) is 50.7 Å². The summed E-state index contributed by atoms with van der Waals surface area (Å²) < 4.78 is 6.25. The van der Waals surface area contributed by atoms with Gasteiger partial charge < -0.3 is 4.74 Å². The molecule has 0 fully saturated rings. The van der Waals surface area contributed by atoms with E-state index in [1.54, 1.807) is 30.3 Å². The third-order valence-electron chi connectivity index (χ3n) is 2.81. The van der Waals surface area contributed by atoms with Crippen LogP contribution in [0.2, 0.25) is 5.02 Å². The molecule has 2 aromatic carbocycles. The lowest BCUT2D eigenvalue weighted by molar-refractivity contribution is 0.0955. The second-order valence-electron chi connectivity index (χ2n) is 4.47. The van der Waals surface area contributed by atoms with Crippen LogP contribution in [0, 0.1) is 0 Å². The second kappa shape index (κ2) is 8.50. The summed E-state index contributed by atoms with van der Waals surface area (Å²) in [4.78, 5) is 11.9. The number of nitrogens with one attached hydrogen (secondary N) is 1. The zero-order valence-electron chi connectivity index (χ0n) is 12.1. The molecule has 0 aliphatic carbocycles. The summed E-state index contributed by atoms with van der Waals surface area (Å²) in [7, 11) is 0.